The van der Waals surface area contributed by atoms with Crippen molar-refractivity contribution in [3.8, 4) is 11.5 Å². The average Bonchev–Trinajstić information content (AvgIpc) is 3.34. The largest absolute Gasteiger partial charge is 0.491 e. The Morgan fingerprint density at radius 2 is 1.73 bits per heavy atom. The van der Waals surface area contributed by atoms with E-state index in [2.05, 4.69) is 43.5 Å². The predicted molar refractivity (Wildman–Crippen MR) is 196 cm³/mol. The van der Waals surface area contributed by atoms with Crippen molar-refractivity contribution in [2.75, 3.05) is 13.2 Å². The Labute approximate surface area is 304 Å². The number of hydrogen-bond acceptors (Lipinski definition) is 9. The number of carbonyl (C=O) groups excluding carboxylic acids is 2. The number of fused-ring (bicyclic) bond motifs is 1. The molecule has 0 saturated carbocycles. The highest BCUT2D eigenvalue weighted by molar-refractivity contribution is 14.1. The molecule has 0 radical (unpaired) electrons. The first kappa shape index (κ1) is 35.6. The second-order valence-corrected chi connectivity index (χ2v) is 14.1. The number of esters is 2. The molecular formula is C36H34BrIN2O7S. The highest BCUT2D eigenvalue weighted by Gasteiger charge is 2.35. The molecule has 0 N–H and O–H groups in total. The summed E-state index contributed by atoms with van der Waals surface area (Å²) in [4.78, 5) is 44.6. The van der Waals surface area contributed by atoms with Gasteiger partial charge in [-0.15, -0.1) is 0 Å². The van der Waals surface area contributed by atoms with Crippen molar-refractivity contribution in [2.45, 2.75) is 53.4 Å². The number of carbonyl (C=O) groups is 2. The lowest BCUT2D eigenvalue weighted by Crippen LogP contribution is -2.40. The Bertz CT molecular complexity index is 2050. The zero-order chi connectivity index (χ0) is 34.5. The second kappa shape index (κ2) is 15.6. The van der Waals surface area contributed by atoms with Crippen LogP contribution in [0.15, 0.2) is 86.2 Å². The minimum Gasteiger partial charge on any atom is -0.491 e. The number of thiazole rings is 1. The van der Waals surface area contributed by atoms with Crippen molar-refractivity contribution in [1.29, 1.82) is 0 Å². The van der Waals surface area contributed by atoms with Crippen LogP contribution in [0.1, 0.15) is 67.7 Å². The van der Waals surface area contributed by atoms with Crippen LogP contribution in [-0.4, -0.2) is 35.8 Å². The molecule has 12 heteroatoms. The lowest BCUT2D eigenvalue weighted by atomic mass is 9.95. The number of ether oxygens (including phenoxy) is 4. The van der Waals surface area contributed by atoms with Crippen molar-refractivity contribution < 1.29 is 28.5 Å². The van der Waals surface area contributed by atoms with Crippen LogP contribution in [0.25, 0.3) is 6.08 Å². The van der Waals surface area contributed by atoms with Gasteiger partial charge < -0.3 is 18.9 Å². The molecule has 0 bridgehead atoms. The molecule has 1 aliphatic heterocycles. The van der Waals surface area contributed by atoms with Gasteiger partial charge >= 0.3 is 11.9 Å². The van der Waals surface area contributed by atoms with Crippen molar-refractivity contribution in [3.63, 3.8) is 0 Å². The number of aromatic nitrogens is 1. The fourth-order valence-electron chi connectivity index (χ4n) is 5.21. The highest BCUT2D eigenvalue weighted by Crippen LogP contribution is 2.36. The van der Waals surface area contributed by atoms with Crippen molar-refractivity contribution in [1.82, 2.24) is 4.57 Å². The molecule has 9 nitrogen and oxygen atoms in total. The highest BCUT2D eigenvalue weighted by atomic mass is 127. The second-order valence-electron chi connectivity index (χ2n) is 11.0. The molecule has 4 aromatic rings. The van der Waals surface area contributed by atoms with E-state index in [9.17, 15) is 14.4 Å². The molecule has 0 fully saturated rings. The quantitative estimate of drug-likeness (QED) is 0.122. The third kappa shape index (κ3) is 7.76. The minimum absolute atomic E-state index is 0.122. The summed E-state index contributed by atoms with van der Waals surface area (Å²) in [7, 11) is 0. The van der Waals surface area contributed by atoms with Gasteiger partial charge in [0.05, 0.1) is 48.7 Å². The van der Waals surface area contributed by atoms with Gasteiger partial charge in [-0.25, -0.2) is 14.6 Å². The van der Waals surface area contributed by atoms with Crippen molar-refractivity contribution in [3.05, 3.63) is 122 Å². The SMILES string of the molecule is CCOC(=O)C1=C(C)N=c2s/c(=C\c3cc(Br)c(OCc4ccc(C(=O)OCC)cc4)c(I)c3)c(=O)n2[C@H]1c1ccccc1OC(C)C. The van der Waals surface area contributed by atoms with E-state index in [1.807, 2.05) is 68.5 Å². The van der Waals surface area contributed by atoms with Crippen LogP contribution in [0.5, 0.6) is 11.5 Å². The van der Waals surface area contributed by atoms with Crippen LogP contribution in [0.4, 0.5) is 0 Å². The number of para-hydroxylation sites is 1. The summed E-state index contributed by atoms with van der Waals surface area (Å²) in [6, 6.07) is 17.5. The molecule has 0 aliphatic carbocycles. The van der Waals surface area contributed by atoms with Crippen LogP contribution < -0.4 is 24.4 Å². The van der Waals surface area contributed by atoms with Gasteiger partial charge in [-0.05, 0) is 121 Å². The zero-order valence-electron chi connectivity index (χ0n) is 27.0. The molecule has 0 saturated heterocycles. The predicted octanol–water partition coefficient (Wildman–Crippen LogP) is 6.71. The van der Waals surface area contributed by atoms with Gasteiger partial charge in [0.15, 0.2) is 4.80 Å². The lowest BCUT2D eigenvalue weighted by Gasteiger charge is -2.26. The summed E-state index contributed by atoms with van der Waals surface area (Å²) in [5.74, 6) is 0.342. The van der Waals surface area contributed by atoms with Crippen LogP contribution in [0.2, 0.25) is 0 Å². The van der Waals surface area contributed by atoms with Crippen LogP contribution in [0, 0.1) is 3.57 Å². The van der Waals surface area contributed by atoms with Crippen LogP contribution in [-0.2, 0) is 20.9 Å². The number of hydrogen-bond donors (Lipinski definition) is 0. The number of allylic oxidation sites excluding steroid dienone is 1. The Morgan fingerprint density at radius 3 is 2.40 bits per heavy atom. The molecule has 48 heavy (non-hydrogen) atoms. The van der Waals surface area contributed by atoms with E-state index in [-0.39, 0.29) is 24.2 Å². The number of nitrogens with zero attached hydrogens (tertiary/aromatic N) is 2. The van der Waals surface area contributed by atoms with Gasteiger partial charge in [0.25, 0.3) is 5.56 Å². The molecule has 250 valence electrons. The fourth-order valence-corrected chi connectivity index (χ4v) is 8.03. The van der Waals surface area contributed by atoms with Gasteiger partial charge in [-0.2, -0.15) is 0 Å². The molecule has 2 heterocycles. The standard InChI is InChI=1S/C36H34BrIN2O7S/c1-6-44-34(42)24-14-12-22(13-15-24)19-46-32-26(37)16-23(17-27(32)38)18-29-33(41)40-31(25-10-8-9-11-28(25)47-20(3)4)30(35(43)45-7-2)21(5)39-36(40)48-29/h8-18,20,31H,6-7,19H2,1-5H3/b29-18-/t31-/m0/s1. The van der Waals surface area contributed by atoms with Gasteiger partial charge in [0, 0.05) is 5.56 Å². The Hall–Kier alpha value is -3.75. The molecule has 0 spiro atoms. The van der Waals surface area contributed by atoms with Crippen molar-refractivity contribution >= 4 is 67.9 Å². The number of halogens is 2. The summed E-state index contributed by atoms with van der Waals surface area (Å²) in [5.41, 5.74) is 3.33. The van der Waals surface area contributed by atoms with Gasteiger partial charge in [0.2, 0.25) is 0 Å². The topological polar surface area (TPSA) is 105 Å². The van der Waals surface area contributed by atoms with Gasteiger partial charge in [0.1, 0.15) is 24.1 Å². The monoisotopic (exact) mass is 844 g/mol. The number of rotatable bonds is 11. The maximum absolute atomic E-state index is 14.2. The van der Waals surface area contributed by atoms with Gasteiger partial charge in [-0.1, -0.05) is 41.7 Å². The smallest absolute Gasteiger partial charge is 0.338 e. The first-order valence-electron chi connectivity index (χ1n) is 15.4. The molecule has 3 aromatic carbocycles. The third-order valence-electron chi connectivity index (χ3n) is 7.26. The summed E-state index contributed by atoms with van der Waals surface area (Å²) < 4.78 is 26.3. The normalized spacial score (nSPS) is 14.4. The van der Waals surface area contributed by atoms with E-state index in [0.717, 1.165) is 19.2 Å². The van der Waals surface area contributed by atoms with E-state index >= 15 is 0 Å². The molecule has 1 aromatic heterocycles. The molecule has 1 aliphatic rings. The molecule has 0 amide bonds. The van der Waals surface area contributed by atoms with E-state index < -0.39 is 12.0 Å². The maximum atomic E-state index is 14.2. The summed E-state index contributed by atoms with van der Waals surface area (Å²) in [6.45, 7) is 9.92. The molecule has 5 rings (SSSR count). The first-order chi connectivity index (χ1) is 23.0. The molecule has 0 unspecified atom stereocenters. The van der Waals surface area contributed by atoms with E-state index in [1.54, 1.807) is 37.5 Å². The summed E-state index contributed by atoms with van der Waals surface area (Å²) >= 11 is 7.10. The van der Waals surface area contributed by atoms with E-state index in [4.69, 9.17) is 18.9 Å². The van der Waals surface area contributed by atoms with Crippen molar-refractivity contribution in [2.24, 2.45) is 4.99 Å². The first-order valence-corrected chi connectivity index (χ1v) is 18.0. The Kier molecular flexibility index (Phi) is 11.6. The molecule has 1 atom stereocenters. The van der Waals surface area contributed by atoms with Crippen LogP contribution in [0.3, 0.4) is 0 Å². The summed E-state index contributed by atoms with van der Waals surface area (Å²) in [5, 5.41) is 0. The average molecular weight is 846 g/mol. The Balaban J connectivity index is 1.50. The zero-order valence-corrected chi connectivity index (χ0v) is 31.6. The summed E-state index contributed by atoms with van der Waals surface area (Å²) in [6.07, 6.45) is 1.69. The lowest BCUT2D eigenvalue weighted by molar-refractivity contribution is -0.139. The van der Waals surface area contributed by atoms with E-state index in [1.165, 1.54) is 11.3 Å². The Morgan fingerprint density at radius 1 is 1.04 bits per heavy atom. The van der Waals surface area contributed by atoms with Gasteiger partial charge in [-0.3, -0.25) is 9.36 Å². The number of benzene rings is 3. The fraction of sp³-hybridized carbons (Fsp3) is 0.278. The van der Waals surface area contributed by atoms with Crippen LogP contribution >= 0.6 is 49.9 Å². The molecular weight excluding hydrogens is 811 g/mol. The minimum atomic E-state index is -0.786. The third-order valence-corrected chi connectivity index (χ3v) is 9.63. The maximum Gasteiger partial charge on any atom is 0.338 e. The van der Waals surface area contributed by atoms with E-state index in [0.29, 0.717) is 56.4 Å².